The van der Waals surface area contributed by atoms with Gasteiger partial charge in [0.2, 0.25) is 5.91 Å². The van der Waals surface area contributed by atoms with E-state index in [1.165, 1.54) is 6.92 Å². The number of nitrogens with one attached hydrogen (secondary N) is 1. The number of fused-ring (bicyclic) bond motifs is 1. The van der Waals surface area contributed by atoms with Crippen LogP contribution in [0.1, 0.15) is 67.5 Å². The average molecular weight is 291 g/mol. The van der Waals surface area contributed by atoms with Gasteiger partial charge in [0.15, 0.2) is 0 Å². The zero-order chi connectivity index (χ0) is 15.6. The maximum atomic E-state index is 11.4. The van der Waals surface area contributed by atoms with E-state index in [1.807, 2.05) is 19.9 Å². The summed E-state index contributed by atoms with van der Waals surface area (Å²) in [4.78, 5) is 11.4. The molecular formula is C17H25NO3. The highest BCUT2D eigenvalue weighted by atomic mass is 16.5. The summed E-state index contributed by atoms with van der Waals surface area (Å²) < 4.78 is 5.81. The molecule has 1 heterocycles. The Balaban J connectivity index is 2.47. The number of hydrogen-bond donors (Lipinski definition) is 2. The molecule has 0 radical (unpaired) electrons. The van der Waals surface area contributed by atoms with Gasteiger partial charge in [0.25, 0.3) is 0 Å². The molecule has 0 fully saturated rings. The summed E-state index contributed by atoms with van der Waals surface area (Å²) in [6.45, 7) is 8.24. The number of amides is 1. The van der Waals surface area contributed by atoms with Gasteiger partial charge < -0.3 is 15.2 Å². The molecule has 0 aromatic heterocycles. The number of aliphatic hydroxyl groups is 1. The first-order valence-electron chi connectivity index (χ1n) is 7.67. The normalized spacial score (nSPS) is 18.6. The molecule has 21 heavy (non-hydrogen) atoms. The summed E-state index contributed by atoms with van der Waals surface area (Å²) >= 11 is 0. The highest BCUT2D eigenvalue weighted by molar-refractivity contribution is 5.73. The first-order chi connectivity index (χ1) is 9.95. The predicted octanol–water partition coefficient (Wildman–Crippen LogP) is 3.10. The highest BCUT2D eigenvalue weighted by Crippen LogP contribution is 2.40. The third-order valence-electron chi connectivity index (χ3n) is 4.24. The van der Waals surface area contributed by atoms with Crippen molar-refractivity contribution in [1.29, 1.82) is 0 Å². The summed E-state index contributed by atoms with van der Waals surface area (Å²) in [5.41, 5.74) is 4.09. The van der Waals surface area contributed by atoms with E-state index in [0.29, 0.717) is 6.61 Å². The Morgan fingerprint density at radius 3 is 2.81 bits per heavy atom. The van der Waals surface area contributed by atoms with Crippen LogP contribution in [0.4, 0.5) is 0 Å². The Labute approximate surface area is 126 Å². The molecule has 2 rings (SSSR count). The van der Waals surface area contributed by atoms with Gasteiger partial charge in [-0.05, 0) is 43.0 Å². The fourth-order valence-electron chi connectivity index (χ4n) is 3.00. The zero-order valence-electron chi connectivity index (χ0n) is 13.3. The third-order valence-corrected chi connectivity index (χ3v) is 4.24. The SMILES string of the molecule is CCCC(O)c1cc2c(c(C)c1C)OCCC2NC(C)=O. The molecule has 1 aliphatic heterocycles. The van der Waals surface area contributed by atoms with E-state index in [9.17, 15) is 9.90 Å². The molecule has 1 aliphatic rings. The van der Waals surface area contributed by atoms with Crippen LogP contribution in [0.3, 0.4) is 0 Å². The minimum absolute atomic E-state index is 0.0295. The van der Waals surface area contributed by atoms with Crippen LogP contribution in [0.5, 0.6) is 5.75 Å². The number of aliphatic hydroxyl groups excluding tert-OH is 1. The second kappa shape index (κ2) is 6.48. The van der Waals surface area contributed by atoms with Crippen LogP contribution >= 0.6 is 0 Å². The number of rotatable bonds is 4. The molecule has 1 aromatic carbocycles. The van der Waals surface area contributed by atoms with Crippen LogP contribution in [0.15, 0.2) is 6.07 Å². The van der Waals surface area contributed by atoms with Crippen LogP contribution in [-0.4, -0.2) is 17.6 Å². The molecule has 4 heteroatoms. The molecule has 1 aromatic rings. The van der Waals surface area contributed by atoms with Gasteiger partial charge in [-0.25, -0.2) is 0 Å². The van der Waals surface area contributed by atoms with Crippen molar-refractivity contribution in [3.8, 4) is 5.75 Å². The Morgan fingerprint density at radius 1 is 1.48 bits per heavy atom. The zero-order valence-corrected chi connectivity index (χ0v) is 13.3. The maximum Gasteiger partial charge on any atom is 0.217 e. The highest BCUT2D eigenvalue weighted by Gasteiger charge is 2.27. The second-order valence-electron chi connectivity index (χ2n) is 5.83. The standard InChI is InChI=1S/C17H25NO3/c1-5-6-16(20)13-9-14-15(18-12(4)19)7-8-21-17(14)11(3)10(13)2/h9,15-16,20H,5-8H2,1-4H3,(H,18,19). The number of ether oxygens (including phenoxy) is 1. The first kappa shape index (κ1) is 15.8. The molecule has 0 bridgehead atoms. The molecule has 2 unspecified atom stereocenters. The van der Waals surface area contributed by atoms with Crippen LogP contribution in [0.25, 0.3) is 0 Å². The lowest BCUT2D eigenvalue weighted by Gasteiger charge is -2.30. The first-order valence-corrected chi connectivity index (χ1v) is 7.67. The van der Waals surface area contributed by atoms with Crippen molar-refractivity contribution >= 4 is 5.91 Å². The molecule has 4 nitrogen and oxygen atoms in total. The number of hydrogen-bond acceptors (Lipinski definition) is 3. The van der Waals surface area contributed by atoms with Gasteiger partial charge in [0.1, 0.15) is 5.75 Å². The van der Waals surface area contributed by atoms with Gasteiger partial charge in [-0.3, -0.25) is 4.79 Å². The van der Waals surface area contributed by atoms with Gasteiger partial charge in [-0.15, -0.1) is 0 Å². The van der Waals surface area contributed by atoms with Gasteiger partial charge in [0, 0.05) is 18.9 Å². The van der Waals surface area contributed by atoms with Gasteiger partial charge in [-0.1, -0.05) is 13.3 Å². The van der Waals surface area contributed by atoms with Crippen molar-refractivity contribution < 1.29 is 14.6 Å². The molecule has 2 atom stereocenters. The Morgan fingerprint density at radius 2 is 2.19 bits per heavy atom. The van der Waals surface area contributed by atoms with E-state index >= 15 is 0 Å². The summed E-state index contributed by atoms with van der Waals surface area (Å²) in [5.74, 6) is 0.826. The van der Waals surface area contributed by atoms with Crippen molar-refractivity contribution in [2.24, 2.45) is 0 Å². The Kier molecular flexibility index (Phi) is 4.88. The Bertz CT molecular complexity index is 539. The smallest absolute Gasteiger partial charge is 0.217 e. The van der Waals surface area contributed by atoms with E-state index in [4.69, 9.17) is 4.74 Å². The topological polar surface area (TPSA) is 58.6 Å². The molecule has 1 amide bonds. The summed E-state index contributed by atoms with van der Waals surface area (Å²) in [6, 6.07) is 1.98. The second-order valence-corrected chi connectivity index (χ2v) is 5.83. The quantitative estimate of drug-likeness (QED) is 0.896. The van der Waals surface area contributed by atoms with E-state index in [2.05, 4.69) is 12.2 Å². The van der Waals surface area contributed by atoms with Crippen molar-refractivity contribution in [1.82, 2.24) is 5.32 Å². The van der Waals surface area contributed by atoms with Crippen LogP contribution in [-0.2, 0) is 4.79 Å². The summed E-state index contributed by atoms with van der Waals surface area (Å²) in [5, 5.41) is 13.3. The molecule has 0 spiro atoms. The number of carbonyl (C=O) groups excluding carboxylic acids is 1. The average Bonchev–Trinajstić information content (AvgIpc) is 2.43. The molecular weight excluding hydrogens is 266 g/mol. The molecule has 0 saturated carbocycles. The molecule has 2 N–H and O–H groups in total. The molecule has 0 aliphatic carbocycles. The molecule has 0 saturated heterocycles. The van der Waals surface area contributed by atoms with Gasteiger partial charge in [0.05, 0.1) is 18.8 Å². The number of benzene rings is 1. The van der Waals surface area contributed by atoms with Gasteiger partial charge in [-0.2, -0.15) is 0 Å². The summed E-state index contributed by atoms with van der Waals surface area (Å²) in [7, 11) is 0. The maximum absolute atomic E-state index is 11.4. The monoisotopic (exact) mass is 291 g/mol. The largest absolute Gasteiger partial charge is 0.493 e. The van der Waals surface area contributed by atoms with Crippen molar-refractivity contribution in [2.45, 2.75) is 59.1 Å². The van der Waals surface area contributed by atoms with Crippen LogP contribution in [0, 0.1) is 13.8 Å². The Hall–Kier alpha value is -1.55. The van der Waals surface area contributed by atoms with E-state index in [-0.39, 0.29) is 11.9 Å². The third kappa shape index (κ3) is 3.21. The van der Waals surface area contributed by atoms with Crippen LogP contribution < -0.4 is 10.1 Å². The van der Waals surface area contributed by atoms with Crippen molar-refractivity contribution in [2.75, 3.05) is 6.61 Å². The minimum Gasteiger partial charge on any atom is -0.493 e. The lowest BCUT2D eigenvalue weighted by molar-refractivity contribution is -0.119. The summed E-state index contributed by atoms with van der Waals surface area (Å²) in [6.07, 6.45) is 1.98. The lowest BCUT2D eigenvalue weighted by atomic mass is 9.88. The van der Waals surface area contributed by atoms with Gasteiger partial charge >= 0.3 is 0 Å². The molecule has 116 valence electrons. The van der Waals surface area contributed by atoms with Crippen molar-refractivity contribution in [3.63, 3.8) is 0 Å². The predicted molar refractivity (Wildman–Crippen MR) is 82.5 cm³/mol. The van der Waals surface area contributed by atoms with E-state index in [1.54, 1.807) is 0 Å². The van der Waals surface area contributed by atoms with Crippen molar-refractivity contribution in [3.05, 3.63) is 28.3 Å². The fraction of sp³-hybridized carbons (Fsp3) is 0.588. The van der Waals surface area contributed by atoms with Crippen LogP contribution in [0.2, 0.25) is 0 Å². The number of carbonyl (C=O) groups is 1. The van der Waals surface area contributed by atoms with E-state index < -0.39 is 6.10 Å². The fourth-order valence-corrected chi connectivity index (χ4v) is 3.00. The minimum atomic E-state index is -0.459. The lowest BCUT2D eigenvalue weighted by Crippen LogP contribution is -2.31. The van der Waals surface area contributed by atoms with E-state index in [0.717, 1.165) is 47.3 Å².